The van der Waals surface area contributed by atoms with Crippen molar-refractivity contribution in [1.82, 2.24) is 0 Å². The normalized spacial score (nSPS) is 11.4. The van der Waals surface area contributed by atoms with Gasteiger partial charge in [-0.25, -0.2) is 0 Å². The predicted molar refractivity (Wildman–Crippen MR) is 159 cm³/mol. The molecule has 0 unspecified atom stereocenters. The number of hydrogen-bond acceptors (Lipinski definition) is 4. The first-order valence-electron chi connectivity index (χ1n) is 14.2. The molecule has 0 atom stereocenters. The van der Waals surface area contributed by atoms with Crippen LogP contribution >= 0.6 is 0 Å². The van der Waals surface area contributed by atoms with Gasteiger partial charge in [-0.1, -0.05) is 119 Å². The van der Waals surface area contributed by atoms with Crippen LogP contribution in [0.25, 0.3) is 0 Å². The molecule has 0 aliphatic rings. The van der Waals surface area contributed by atoms with Gasteiger partial charge >= 0.3 is 16.5 Å². The van der Waals surface area contributed by atoms with Crippen LogP contribution in [0.15, 0.2) is 88.8 Å². The van der Waals surface area contributed by atoms with Crippen molar-refractivity contribution in [3.63, 3.8) is 0 Å². The number of para-hydroxylation sites is 3. The van der Waals surface area contributed by atoms with Crippen LogP contribution in [-0.4, -0.2) is 11.4 Å². The maximum atomic E-state index is 10.7. The van der Waals surface area contributed by atoms with E-state index >= 15 is 0 Å². The summed E-state index contributed by atoms with van der Waals surface area (Å²) in [6.07, 6.45) is 13.4. The van der Waals surface area contributed by atoms with Gasteiger partial charge in [0.15, 0.2) is 0 Å². The summed E-state index contributed by atoms with van der Waals surface area (Å²) in [4.78, 5) is 10.1. The van der Waals surface area contributed by atoms with Crippen LogP contribution in [0.2, 0.25) is 0 Å². The van der Waals surface area contributed by atoms with Crippen molar-refractivity contribution in [1.29, 1.82) is 0 Å². The molecule has 3 rings (SSSR count). The zero-order valence-electron chi connectivity index (χ0n) is 23.8. The molecule has 0 saturated heterocycles. The van der Waals surface area contributed by atoms with Crippen molar-refractivity contribution in [2.75, 3.05) is 0 Å². The quantitative estimate of drug-likeness (QED) is 0.110. The Balaban J connectivity index is 0.000000643. The summed E-state index contributed by atoms with van der Waals surface area (Å²) in [5.41, 5.74) is 4.92. The van der Waals surface area contributed by atoms with Crippen molar-refractivity contribution in [2.45, 2.75) is 91.4 Å². The summed E-state index contributed by atoms with van der Waals surface area (Å²) in [6.45, 7) is 6.15. The van der Waals surface area contributed by atoms with Crippen LogP contribution in [-0.2, 0) is 16.5 Å². The summed E-state index contributed by atoms with van der Waals surface area (Å²) in [6, 6.07) is 25.2. The van der Waals surface area contributed by atoms with E-state index in [1.807, 2.05) is 12.1 Å². The van der Waals surface area contributed by atoms with Crippen molar-refractivity contribution >= 4 is 22.8 Å². The molecule has 0 aliphatic heterocycles. The second kappa shape index (κ2) is 21.0. The van der Waals surface area contributed by atoms with Crippen LogP contribution in [0, 0.1) is 6.92 Å². The Kier molecular flexibility index (Phi) is 18.4. The van der Waals surface area contributed by atoms with Crippen molar-refractivity contribution in [3.05, 3.63) is 84.4 Å². The molecule has 0 aromatic heterocycles. The van der Waals surface area contributed by atoms with Gasteiger partial charge in [0.05, 0.1) is 22.8 Å². The molecule has 0 radical (unpaired) electrons. The first-order valence-corrected chi connectivity index (χ1v) is 14.2. The maximum absolute atomic E-state index is 10.7. The predicted octanol–water partition coefficient (Wildman–Crippen LogP) is 9.00. The average Bonchev–Trinajstić information content (AvgIpc) is 2.94. The van der Waals surface area contributed by atoms with Gasteiger partial charge in [-0.3, -0.25) is 9.98 Å². The summed E-state index contributed by atoms with van der Waals surface area (Å²) in [5.74, 6) is -0.812. The molecule has 4 nitrogen and oxygen atoms in total. The molecule has 212 valence electrons. The second-order valence-corrected chi connectivity index (χ2v) is 9.67. The summed E-state index contributed by atoms with van der Waals surface area (Å²) in [7, 11) is 0. The molecule has 3 aromatic carbocycles. The topological polar surface area (TPSA) is 70.8 Å². The van der Waals surface area contributed by atoms with Gasteiger partial charge in [0.25, 0.3) is 0 Å². The Morgan fingerprint density at radius 3 is 1.46 bits per heavy atom. The first kappa shape index (κ1) is 34.1. The molecular formula is C34H44N2NiO2. The van der Waals surface area contributed by atoms with Gasteiger partial charge in [0.2, 0.25) is 0 Å². The molecule has 0 fully saturated rings. The standard InChI is InChI=1S/C27H38N2.C7H8O2.Ni/c1-3-5-7-8-9-17-23-27(29-25-20-15-11-16-21-25)26(22-12-6-4-2)28-24-18-13-10-14-19-24;1-5-3-2-4-6(8)7(5)9;/h10-11,13-16,18-21H,3-9,12,17,22-23H2,1-2H3;2-4,8-9H,1H3;/q;;+2/p-2. The second-order valence-electron chi connectivity index (χ2n) is 9.67. The molecule has 0 heterocycles. The summed E-state index contributed by atoms with van der Waals surface area (Å²) < 4.78 is 0. The molecule has 0 amide bonds. The zero-order chi connectivity index (χ0) is 27.4. The number of aryl methyl sites for hydroxylation is 1. The average molecular weight is 571 g/mol. The number of unbranched alkanes of at least 4 members (excludes halogenated alkanes) is 7. The number of rotatable bonds is 14. The van der Waals surface area contributed by atoms with E-state index in [1.54, 1.807) is 19.1 Å². The smallest absolute Gasteiger partial charge is 0.873 e. The van der Waals surface area contributed by atoms with E-state index in [9.17, 15) is 10.2 Å². The van der Waals surface area contributed by atoms with E-state index in [0.717, 1.165) is 24.2 Å². The minimum Gasteiger partial charge on any atom is -0.873 e. The van der Waals surface area contributed by atoms with E-state index < -0.39 is 11.5 Å². The van der Waals surface area contributed by atoms with Crippen LogP contribution in [0.5, 0.6) is 11.5 Å². The molecule has 0 spiro atoms. The van der Waals surface area contributed by atoms with Crippen LogP contribution in [0.4, 0.5) is 11.4 Å². The third kappa shape index (κ3) is 14.2. The van der Waals surface area contributed by atoms with Gasteiger partial charge in [-0.15, -0.1) is 11.5 Å². The fourth-order valence-electron chi connectivity index (χ4n) is 4.09. The van der Waals surface area contributed by atoms with Gasteiger partial charge in [-0.05, 0) is 56.9 Å². The zero-order valence-corrected chi connectivity index (χ0v) is 24.8. The van der Waals surface area contributed by atoms with Gasteiger partial charge < -0.3 is 10.2 Å². The van der Waals surface area contributed by atoms with E-state index in [0.29, 0.717) is 5.56 Å². The molecule has 0 saturated carbocycles. The number of hydrogen-bond donors (Lipinski definition) is 0. The largest absolute Gasteiger partial charge is 2.00 e. The summed E-state index contributed by atoms with van der Waals surface area (Å²) in [5, 5.41) is 21.2. The van der Waals surface area contributed by atoms with Crippen LogP contribution in [0.3, 0.4) is 0 Å². The molecule has 0 N–H and O–H groups in total. The van der Waals surface area contributed by atoms with E-state index in [4.69, 9.17) is 9.98 Å². The first-order chi connectivity index (χ1) is 18.5. The number of benzene rings is 3. The van der Waals surface area contributed by atoms with Gasteiger partial charge in [0.1, 0.15) is 0 Å². The molecule has 0 aliphatic carbocycles. The minimum atomic E-state index is -0.421. The fraction of sp³-hybridized carbons (Fsp3) is 0.412. The van der Waals surface area contributed by atoms with E-state index in [-0.39, 0.29) is 16.5 Å². The van der Waals surface area contributed by atoms with Gasteiger partial charge in [0, 0.05) is 0 Å². The number of nitrogens with zero attached hydrogens (tertiary/aromatic N) is 2. The third-order valence-corrected chi connectivity index (χ3v) is 6.33. The van der Waals surface area contributed by atoms with E-state index in [1.165, 1.54) is 75.3 Å². The third-order valence-electron chi connectivity index (χ3n) is 6.33. The molecule has 39 heavy (non-hydrogen) atoms. The van der Waals surface area contributed by atoms with Gasteiger partial charge in [-0.2, -0.15) is 0 Å². The monoisotopic (exact) mass is 570 g/mol. The molecule has 0 bridgehead atoms. The maximum Gasteiger partial charge on any atom is 2.00 e. The van der Waals surface area contributed by atoms with Crippen molar-refractivity contribution < 1.29 is 26.7 Å². The molecule has 3 aromatic rings. The Bertz CT molecular complexity index is 1080. The van der Waals surface area contributed by atoms with E-state index in [2.05, 4.69) is 62.4 Å². The minimum absolute atomic E-state index is 0. The Morgan fingerprint density at radius 1 is 0.564 bits per heavy atom. The molecular weight excluding hydrogens is 527 g/mol. The molecule has 5 heteroatoms. The Hall–Kier alpha value is -2.91. The summed E-state index contributed by atoms with van der Waals surface area (Å²) >= 11 is 0. The Morgan fingerprint density at radius 2 is 1.00 bits per heavy atom. The SMILES string of the molecule is CCCCCCCCC(=Nc1ccccc1)C(CCCCC)=Nc1ccccc1.Cc1cccc([O-])c1[O-].[Ni+2]. The van der Waals surface area contributed by atoms with Crippen molar-refractivity contribution in [3.8, 4) is 11.5 Å². The Labute approximate surface area is 246 Å². The number of aliphatic imine (C=N–C) groups is 2. The van der Waals surface area contributed by atoms with Crippen LogP contribution in [0.1, 0.15) is 90.0 Å². The fourth-order valence-corrected chi connectivity index (χ4v) is 4.09. The van der Waals surface area contributed by atoms with Crippen LogP contribution < -0.4 is 10.2 Å². The van der Waals surface area contributed by atoms with Crippen molar-refractivity contribution in [2.24, 2.45) is 9.98 Å².